The number of rotatable bonds is 3. The Bertz CT molecular complexity index is 395. The van der Waals surface area contributed by atoms with Crippen LogP contribution in [-0.2, 0) is 4.74 Å². The molecular weight excluding hydrogens is 300 g/mol. The molecule has 0 amide bonds. The van der Waals surface area contributed by atoms with Gasteiger partial charge in [-0.2, -0.15) is 0 Å². The largest absolute Gasteiger partial charge is 0.389 e. The summed E-state index contributed by atoms with van der Waals surface area (Å²) in [5.41, 5.74) is 0.935. The molecule has 1 saturated heterocycles. The molecule has 1 aromatic carbocycles. The van der Waals surface area contributed by atoms with Gasteiger partial charge in [-0.05, 0) is 38.0 Å². The summed E-state index contributed by atoms with van der Waals surface area (Å²) < 4.78 is 6.53. The van der Waals surface area contributed by atoms with E-state index in [0.29, 0.717) is 11.4 Å². The molecule has 0 saturated carbocycles. The highest BCUT2D eigenvalue weighted by atomic mass is 79.9. The second-order valence-corrected chi connectivity index (χ2v) is 6.55. The zero-order valence-electron chi connectivity index (χ0n) is 10.0. The standard InChI is InChI=1S/C13H17BrO2S/c1-8(15)11-4-3-10(7-12(11)14)17-13-5-6-16-9(13)2/h3-4,7-9,13,15H,5-6H2,1-2H3. The number of thioether (sulfide) groups is 1. The number of halogens is 1. The third-order valence-electron chi connectivity index (χ3n) is 3.02. The Morgan fingerprint density at radius 3 is 2.82 bits per heavy atom. The fourth-order valence-corrected chi connectivity index (χ4v) is 3.99. The van der Waals surface area contributed by atoms with Crippen LogP contribution in [0.1, 0.15) is 31.9 Å². The van der Waals surface area contributed by atoms with Crippen LogP contribution in [-0.4, -0.2) is 23.1 Å². The van der Waals surface area contributed by atoms with Gasteiger partial charge in [-0.1, -0.05) is 22.0 Å². The van der Waals surface area contributed by atoms with Gasteiger partial charge in [-0.25, -0.2) is 0 Å². The fourth-order valence-electron chi connectivity index (χ4n) is 1.96. The van der Waals surface area contributed by atoms with Gasteiger partial charge in [0.2, 0.25) is 0 Å². The molecule has 3 unspecified atom stereocenters. The Balaban J connectivity index is 2.09. The van der Waals surface area contributed by atoms with Gasteiger partial charge in [0.1, 0.15) is 0 Å². The summed E-state index contributed by atoms with van der Waals surface area (Å²) in [5.74, 6) is 0. The predicted octanol–water partition coefficient (Wildman–Crippen LogP) is 3.77. The number of hydrogen-bond acceptors (Lipinski definition) is 3. The maximum atomic E-state index is 9.56. The molecule has 1 N–H and O–H groups in total. The van der Waals surface area contributed by atoms with E-state index >= 15 is 0 Å². The number of aliphatic hydroxyl groups is 1. The molecule has 2 rings (SSSR count). The SMILES string of the molecule is CC(O)c1ccc(SC2CCOC2C)cc1Br. The van der Waals surface area contributed by atoms with Gasteiger partial charge in [-0.3, -0.25) is 0 Å². The summed E-state index contributed by atoms with van der Waals surface area (Å²) in [6.45, 7) is 4.77. The topological polar surface area (TPSA) is 29.5 Å². The van der Waals surface area contributed by atoms with Gasteiger partial charge in [0.25, 0.3) is 0 Å². The third kappa shape index (κ3) is 3.25. The maximum Gasteiger partial charge on any atom is 0.0772 e. The average molecular weight is 317 g/mol. The molecule has 1 fully saturated rings. The number of benzene rings is 1. The lowest BCUT2D eigenvalue weighted by molar-refractivity contribution is 0.127. The molecule has 0 radical (unpaired) electrons. The highest BCUT2D eigenvalue weighted by Gasteiger charge is 2.25. The van der Waals surface area contributed by atoms with Crippen LogP contribution in [0.15, 0.2) is 27.6 Å². The van der Waals surface area contributed by atoms with E-state index in [2.05, 4.69) is 35.0 Å². The number of ether oxygens (including phenoxy) is 1. The van der Waals surface area contributed by atoms with E-state index in [0.717, 1.165) is 23.1 Å². The normalized spacial score (nSPS) is 26.1. The molecule has 17 heavy (non-hydrogen) atoms. The van der Waals surface area contributed by atoms with Crippen molar-refractivity contribution < 1.29 is 9.84 Å². The lowest BCUT2D eigenvalue weighted by Crippen LogP contribution is -2.12. The van der Waals surface area contributed by atoms with Crippen molar-refractivity contribution in [3.8, 4) is 0 Å². The monoisotopic (exact) mass is 316 g/mol. The van der Waals surface area contributed by atoms with Crippen molar-refractivity contribution in [1.29, 1.82) is 0 Å². The average Bonchev–Trinajstić information content (AvgIpc) is 2.64. The minimum Gasteiger partial charge on any atom is -0.389 e. The quantitative estimate of drug-likeness (QED) is 0.920. The van der Waals surface area contributed by atoms with Gasteiger partial charge in [0, 0.05) is 21.2 Å². The minimum atomic E-state index is -0.433. The van der Waals surface area contributed by atoms with Crippen LogP contribution in [0.3, 0.4) is 0 Å². The van der Waals surface area contributed by atoms with Crippen molar-refractivity contribution in [1.82, 2.24) is 0 Å². The molecular formula is C13H17BrO2S. The van der Waals surface area contributed by atoms with Crippen LogP contribution in [0.5, 0.6) is 0 Å². The first kappa shape index (κ1) is 13.4. The second-order valence-electron chi connectivity index (χ2n) is 4.38. The van der Waals surface area contributed by atoms with Crippen LogP contribution in [0.2, 0.25) is 0 Å². The first-order chi connectivity index (χ1) is 8.08. The fraction of sp³-hybridized carbons (Fsp3) is 0.538. The van der Waals surface area contributed by atoms with E-state index in [4.69, 9.17) is 4.74 Å². The van der Waals surface area contributed by atoms with E-state index in [1.54, 1.807) is 6.92 Å². The van der Waals surface area contributed by atoms with Crippen molar-refractivity contribution in [3.63, 3.8) is 0 Å². The zero-order chi connectivity index (χ0) is 12.4. The smallest absolute Gasteiger partial charge is 0.0772 e. The Morgan fingerprint density at radius 1 is 1.53 bits per heavy atom. The molecule has 1 aliphatic rings. The molecule has 1 aliphatic heterocycles. The summed E-state index contributed by atoms with van der Waals surface area (Å²) in [5, 5.41) is 10.1. The molecule has 94 valence electrons. The first-order valence-electron chi connectivity index (χ1n) is 5.83. The first-order valence-corrected chi connectivity index (χ1v) is 7.51. The molecule has 2 nitrogen and oxygen atoms in total. The van der Waals surface area contributed by atoms with Gasteiger partial charge in [0.05, 0.1) is 12.2 Å². The summed E-state index contributed by atoms with van der Waals surface area (Å²) >= 11 is 5.36. The van der Waals surface area contributed by atoms with Crippen molar-refractivity contribution in [3.05, 3.63) is 28.2 Å². The van der Waals surface area contributed by atoms with Gasteiger partial charge in [0.15, 0.2) is 0 Å². The van der Waals surface area contributed by atoms with Crippen molar-refractivity contribution in [2.75, 3.05) is 6.61 Å². The molecule has 1 heterocycles. The zero-order valence-corrected chi connectivity index (χ0v) is 12.4. The molecule has 3 atom stereocenters. The lowest BCUT2D eigenvalue weighted by Gasteiger charge is -2.15. The van der Waals surface area contributed by atoms with E-state index in [9.17, 15) is 5.11 Å². The molecule has 0 bridgehead atoms. The lowest BCUT2D eigenvalue weighted by atomic mass is 10.1. The molecule has 0 aliphatic carbocycles. The van der Waals surface area contributed by atoms with Gasteiger partial charge < -0.3 is 9.84 Å². The Labute approximate surface area is 115 Å². The van der Waals surface area contributed by atoms with Crippen LogP contribution >= 0.6 is 27.7 Å². The van der Waals surface area contributed by atoms with E-state index in [1.165, 1.54) is 4.90 Å². The van der Waals surface area contributed by atoms with Crippen LogP contribution < -0.4 is 0 Å². The number of aliphatic hydroxyl groups excluding tert-OH is 1. The summed E-state index contributed by atoms with van der Waals surface area (Å²) in [6.07, 6.45) is 1.01. The summed E-state index contributed by atoms with van der Waals surface area (Å²) in [6, 6.07) is 6.14. The van der Waals surface area contributed by atoms with Gasteiger partial charge in [-0.15, -0.1) is 11.8 Å². The van der Waals surface area contributed by atoms with Crippen LogP contribution in [0.4, 0.5) is 0 Å². The van der Waals surface area contributed by atoms with E-state index in [1.807, 2.05) is 17.8 Å². The van der Waals surface area contributed by atoms with Gasteiger partial charge >= 0.3 is 0 Å². The Morgan fingerprint density at radius 2 is 2.29 bits per heavy atom. The van der Waals surface area contributed by atoms with E-state index in [-0.39, 0.29) is 0 Å². The molecule has 0 spiro atoms. The Hall–Kier alpha value is -0.0300. The second kappa shape index (κ2) is 5.74. The number of hydrogen-bond donors (Lipinski definition) is 1. The van der Waals surface area contributed by atoms with Crippen LogP contribution in [0.25, 0.3) is 0 Å². The minimum absolute atomic E-state index is 0.329. The van der Waals surface area contributed by atoms with Crippen molar-refractivity contribution >= 4 is 27.7 Å². The molecule has 1 aromatic rings. The highest BCUT2D eigenvalue weighted by molar-refractivity contribution is 9.10. The molecule has 0 aromatic heterocycles. The Kier molecular flexibility index (Phi) is 4.53. The summed E-state index contributed by atoms with van der Waals surface area (Å²) in [4.78, 5) is 1.23. The highest BCUT2D eigenvalue weighted by Crippen LogP contribution is 2.35. The van der Waals surface area contributed by atoms with Crippen molar-refractivity contribution in [2.24, 2.45) is 0 Å². The van der Waals surface area contributed by atoms with Crippen LogP contribution in [0, 0.1) is 0 Å². The predicted molar refractivity (Wildman–Crippen MR) is 74.5 cm³/mol. The third-order valence-corrected chi connectivity index (χ3v) is 5.15. The molecule has 4 heteroatoms. The summed E-state index contributed by atoms with van der Waals surface area (Å²) in [7, 11) is 0. The van der Waals surface area contributed by atoms with E-state index < -0.39 is 6.10 Å². The maximum absolute atomic E-state index is 9.56. The van der Waals surface area contributed by atoms with Crippen molar-refractivity contribution in [2.45, 2.75) is 42.6 Å².